The van der Waals surface area contributed by atoms with E-state index >= 15 is 0 Å². The number of rotatable bonds is 3. The van der Waals surface area contributed by atoms with Gasteiger partial charge in [0, 0.05) is 20.2 Å². The molecule has 1 aromatic heterocycles. The minimum Gasteiger partial charge on any atom is -0.383 e. The van der Waals surface area contributed by atoms with Crippen LogP contribution in [-0.4, -0.2) is 46.0 Å². The SMILES string of the molecule is COCCN1CCS(=O)(=O)c2c(Cl)c(F)nc(F)c21. The number of hydrogen-bond donors (Lipinski definition) is 0. The first kappa shape index (κ1) is 14.4. The predicted octanol–water partition coefficient (Wildman–Crippen LogP) is 1.25. The van der Waals surface area contributed by atoms with Gasteiger partial charge in [-0.2, -0.15) is 13.8 Å². The van der Waals surface area contributed by atoms with E-state index in [1.807, 2.05) is 0 Å². The Hall–Kier alpha value is -0.990. The third kappa shape index (κ3) is 2.52. The minimum atomic E-state index is -3.81. The van der Waals surface area contributed by atoms with E-state index in [-0.39, 0.29) is 31.1 Å². The first-order chi connectivity index (χ1) is 8.88. The van der Waals surface area contributed by atoms with Crippen LogP contribution in [0.1, 0.15) is 0 Å². The highest BCUT2D eigenvalue weighted by Gasteiger charge is 2.35. The van der Waals surface area contributed by atoms with Gasteiger partial charge in [0.25, 0.3) is 0 Å². The van der Waals surface area contributed by atoms with Crippen LogP contribution in [-0.2, 0) is 14.6 Å². The van der Waals surface area contributed by atoms with E-state index in [0.29, 0.717) is 0 Å². The highest BCUT2D eigenvalue weighted by molar-refractivity contribution is 7.91. The maximum absolute atomic E-state index is 13.8. The van der Waals surface area contributed by atoms with Crippen LogP contribution < -0.4 is 4.90 Å². The third-order valence-corrected chi connectivity index (χ3v) is 5.01. The lowest BCUT2D eigenvalue weighted by Gasteiger charge is -2.31. The second kappa shape index (κ2) is 5.18. The summed E-state index contributed by atoms with van der Waals surface area (Å²) in [6, 6.07) is 0. The van der Waals surface area contributed by atoms with Crippen molar-refractivity contribution in [1.82, 2.24) is 4.98 Å². The molecule has 0 amide bonds. The number of pyridine rings is 1. The van der Waals surface area contributed by atoms with Crippen molar-refractivity contribution in [1.29, 1.82) is 0 Å². The quantitative estimate of drug-likeness (QED) is 0.786. The van der Waals surface area contributed by atoms with E-state index < -0.39 is 31.7 Å². The first-order valence-electron chi connectivity index (χ1n) is 5.39. The fraction of sp³-hybridized carbons (Fsp3) is 0.500. The number of fused-ring (bicyclic) bond motifs is 1. The molecule has 2 rings (SSSR count). The number of nitrogens with zero attached hydrogens (tertiary/aromatic N) is 2. The Morgan fingerprint density at radius 2 is 2.11 bits per heavy atom. The molecule has 1 aliphatic heterocycles. The van der Waals surface area contributed by atoms with Crippen molar-refractivity contribution < 1.29 is 21.9 Å². The van der Waals surface area contributed by atoms with Gasteiger partial charge in [0.1, 0.15) is 15.6 Å². The van der Waals surface area contributed by atoms with Gasteiger partial charge in [-0.3, -0.25) is 0 Å². The van der Waals surface area contributed by atoms with Gasteiger partial charge in [-0.25, -0.2) is 8.42 Å². The van der Waals surface area contributed by atoms with Gasteiger partial charge in [-0.1, -0.05) is 11.6 Å². The normalized spacial score (nSPS) is 17.4. The maximum atomic E-state index is 13.8. The molecule has 9 heteroatoms. The second-order valence-corrected chi connectivity index (χ2v) is 6.41. The Labute approximate surface area is 114 Å². The molecule has 2 heterocycles. The lowest BCUT2D eigenvalue weighted by atomic mass is 10.3. The fourth-order valence-electron chi connectivity index (χ4n) is 1.91. The standard InChI is InChI=1S/C10H11ClF2N2O3S/c1-18-4-2-15-3-5-19(16,17)8-6(11)9(12)14-10(13)7(8)15/h2-5H2,1H3. The Balaban J connectivity index is 2.62. The third-order valence-electron chi connectivity index (χ3n) is 2.81. The summed E-state index contributed by atoms with van der Waals surface area (Å²) in [5.74, 6) is -2.77. The Morgan fingerprint density at radius 1 is 1.42 bits per heavy atom. The van der Waals surface area contributed by atoms with Crippen LogP contribution in [0.2, 0.25) is 5.02 Å². The molecule has 0 aromatic carbocycles. The molecule has 0 unspecified atom stereocenters. The van der Waals surface area contributed by atoms with Gasteiger partial charge in [0.15, 0.2) is 9.84 Å². The zero-order valence-electron chi connectivity index (χ0n) is 9.99. The minimum absolute atomic E-state index is 0.0826. The Morgan fingerprint density at radius 3 is 2.74 bits per heavy atom. The summed E-state index contributed by atoms with van der Waals surface area (Å²) in [7, 11) is -2.34. The van der Waals surface area contributed by atoms with E-state index in [1.165, 1.54) is 12.0 Å². The predicted molar refractivity (Wildman–Crippen MR) is 65.3 cm³/mol. The van der Waals surface area contributed by atoms with Crippen molar-refractivity contribution in [3.05, 3.63) is 16.9 Å². The maximum Gasteiger partial charge on any atom is 0.240 e. The van der Waals surface area contributed by atoms with Crippen LogP contribution in [0.25, 0.3) is 0 Å². The first-order valence-corrected chi connectivity index (χ1v) is 7.42. The summed E-state index contributed by atoms with van der Waals surface area (Å²) in [6.45, 7) is 0.618. The number of sulfone groups is 1. The zero-order valence-corrected chi connectivity index (χ0v) is 11.6. The molecule has 0 fully saturated rings. The van der Waals surface area contributed by atoms with Gasteiger partial charge in [0.05, 0.1) is 12.4 Å². The van der Waals surface area contributed by atoms with Gasteiger partial charge >= 0.3 is 0 Å². The molecule has 106 valence electrons. The summed E-state index contributed by atoms with van der Waals surface area (Å²) < 4.78 is 55.8. The van der Waals surface area contributed by atoms with Crippen molar-refractivity contribution in [2.24, 2.45) is 0 Å². The molecule has 0 spiro atoms. The zero-order chi connectivity index (χ0) is 14.2. The molecule has 0 radical (unpaired) electrons. The Bertz CT molecular complexity index is 609. The van der Waals surface area contributed by atoms with E-state index in [4.69, 9.17) is 16.3 Å². The molecule has 0 atom stereocenters. The molecule has 19 heavy (non-hydrogen) atoms. The number of aromatic nitrogens is 1. The van der Waals surface area contributed by atoms with E-state index in [1.54, 1.807) is 0 Å². The Kier molecular flexibility index (Phi) is 3.93. The molecule has 0 saturated carbocycles. The average molecular weight is 313 g/mol. The molecule has 5 nitrogen and oxygen atoms in total. The molecular formula is C10H11ClF2N2O3S. The summed E-state index contributed by atoms with van der Waals surface area (Å²) >= 11 is 5.63. The number of hydrogen-bond acceptors (Lipinski definition) is 5. The highest BCUT2D eigenvalue weighted by atomic mass is 35.5. The van der Waals surface area contributed by atoms with Crippen molar-refractivity contribution in [3.63, 3.8) is 0 Å². The van der Waals surface area contributed by atoms with Crippen molar-refractivity contribution in [3.8, 4) is 0 Å². The van der Waals surface area contributed by atoms with Gasteiger partial charge in [-0.15, -0.1) is 0 Å². The highest BCUT2D eigenvalue weighted by Crippen LogP contribution is 2.38. The number of halogens is 3. The van der Waals surface area contributed by atoms with E-state index in [2.05, 4.69) is 4.98 Å². The van der Waals surface area contributed by atoms with Crippen molar-refractivity contribution >= 4 is 27.1 Å². The van der Waals surface area contributed by atoms with Crippen LogP contribution >= 0.6 is 11.6 Å². The molecule has 0 saturated heterocycles. The number of methoxy groups -OCH3 is 1. The van der Waals surface area contributed by atoms with Gasteiger partial charge < -0.3 is 9.64 Å². The molecular weight excluding hydrogens is 302 g/mol. The van der Waals surface area contributed by atoms with E-state index in [0.717, 1.165) is 0 Å². The average Bonchev–Trinajstić information content (AvgIpc) is 2.33. The fourth-order valence-corrected chi connectivity index (χ4v) is 3.92. The van der Waals surface area contributed by atoms with E-state index in [9.17, 15) is 17.2 Å². The summed E-state index contributed by atoms with van der Waals surface area (Å²) in [5, 5.41) is -0.668. The van der Waals surface area contributed by atoms with Crippen LogP contribution in [0.3, 0.4) is 0 Å². The molecule has 0 N–H and O–H groups in total. The monoisotopic (exact) mass is 312 g/mol. The van der Waals surface area contributed by atoms with Crippen LogP contribution in [0.5, 0.6) is 0 Å². The molecule has 1 aromatic rings. The summed E-state index contributed by atoms with van der Waals surface area (Å²) in [4.78, 5) is 3.91. The molecule has 1 aliphatic rings. The lowest BCUT2D eigenvalue weighted by Crippen LogP contribution is -2.38. The van der Waals surface area contributed by atoms with Crippen molar-refractivity contribution in [2.45, 2.75) is 4.90 Å². The second-order valence-electron chi connectivity index (χ2n) is 3.98. The van der Waals surface area contributed by atoms with Gasteiger partial charge in [0.2, 0.25) is 11.9 Å². The smallest absolute Gasteiger partial charge is 0.240 e. The van der Waals surface area contributed by atoms with Crippen LogP contribution in [0.15, 0.2) is 4.90 Å². The molecule has 0 bridgehead atoms. The number of anilines is 1. The van der Waals surface area contributed by atoms with Gasteiger partial charge in [-0.05, 0) is 0 Å². The summed E-state index contributed by atoms with van der Waals surface area (Å²) in [5.41, 5.74) is -0.283. The van der Waals surface area contributed by atoms with Crippen molar-refractivity contribution in [2.75, 3.05) is 37.5 Å². The topological polar surface area (TPSA) is 59.5 Å². The number of ether oxygens (including phenoxy) is 1. The molecule has 0 aliphatic carbocycles. The summed E-state index contributed by atoms with van der Waals surface area (Å²) in [6.07, 6.45) is 0. The lowest BCUT2D eigenvalue weighted by molar-refractivity contribution is 0.205. The van der Waals surface area contributed by atoms with Crippen LogP contribution in [0.4, 0.5) is 14.5 Å². The largest absolute Gasteiger partial charge is 0.383 e. The van der Waals surface area contributed by atoms with Crippen LogP contribution in [0, 0.1) is 11.9 Å².